The van der Waals surface area contributed by atoms with Gasteiger partial charge in [-0.3, -0.25) is 19.3 Å². The summed E-state index contributed by atoms with van der Waals surface area (Å²) in [6.45, 7) is 3.90. The number of likely N-dealkylation sites (tertiary alicyclic amines) is 1. The molecule has 6 atom stereocenters. The first-order chi connectivity index (χ1) is 20.3. The van der Waals surface area contributed by atoms with Crippen molar-refractivity contribution >= 4 is 23.5 Å². The zero-order valence-corrected chi connectivity index (χ0v) is 24.0. The Kier molecular flexibility index (Phi) is 7.34. The number of hydrogen-bond donors (Lipinski definition) is 0. The highest BCUT2D eigenvalue weighted by Gasteiger charge is 2.67. The predicted molar refractivity (Wildman–Crippen MR) is 153 cm³/mol. The van der Waals surface area contributed by atoms with Gasteiger partial charge in [0.05, 0.1) is 44.4 Å². The largest absolute Gasteiger partial charge is 0.497 e. The Morgan fingerprint density at radius 3 is 2.07 bits per heavy atom. The Morgan fingerprint density at radius 2 is 1.45 bits per heavy atom. The van der Waals surface area contributed by atoms with E-state index in [1.807, 2.05) is 79.4 Å². The third kappa shape index (κ3) is 4.67. The van der Waals surface area contributed by atoms with Crippen LogP contribution in [-0.2, 0) is 28.6 Å². The lowest BCUT2D eigenvalue weighted by molar-refractivity contribution is -0.300. The minimum Gasteiger partial charge on any atom is -0.497 e. The summed E-state index contributed by atoms with van der Waals surface area (Å²) in [5.41, 5.74) is 2.14. The topological polar surface area (TPSA) is 94.6 Å². The third-order valence-electron chi connectivity index (χ3n) is 8.51. The maximum atomic E-state index is 14.3. The zero-order valence-electron chi connectivity index (χ0n) is 24.0. The summed E-state index contributed by atoms with van der Waals surface area (Å²) < 4.78 is 23.4. The fraction of sp³-hybridized carbons (Fsp3) is 0.364. The first-order valence-electron chi connectivity index (χ1n) is 14.0. The number of carbonyl (C=O) groups excluding carboxylic acids is 3. The van der Waals surface area contributed by atoms with Gasteiger partial charge < -0.3 is 18.9 Å². The fourth-order valence-corrected chi connectivity index (χ4v) is 6.70. The highest BCUT2D eigenvalue weighted by atomic mass is 16.7. The smallest absolute Gasteiger partial charge is 0.323 e. The number of para-hydroxylation sites is 1. The maximum Gasteiger partial charge on any atom is 0.323 e. The second kappa shape index (κ2) is 11.0. The van der Waals surface area contributed by atoms with Crippen molar-refractivity contribution < 1.29 is 33.3 Å². The zero-order chi connectivity index (χ0) is 29.6. The van der Waals surface area contributed by atoms with E-state index in [-0.39, 0.29) is 12.5 Å². The van der Waals surface area contributed by atoms with E-state index in [9.17, 15) is 14.4 Å². The molecule has 0 aromatic heterocycles. The molecular formula is C33H34N2O7. The number of methoxy groups -OCH3 is 2. The van der Waals surface area contributed by atoms with Crippen molar-refractivity contribution in [1.82, 2.24) is 4.90 Å². The number of rotatable bonds is 6. The Morgan fingerprint density at radius 1 is 0.833 bits per heavy atom. The van der Waals surface area contributed by atoms with Crippen molar-refractivity contribution in [2.75, 3.05) is 25.7 Å². The van der Waals surface area contributed by atoms with Crippen LogP contribution in [0.2, 0.25) is 0 Å². The summed E-state index contributed by atoms with van der Waals surface area (Å²) >= 11 is 0. The van der Waals surface area contributed by atoms with Crippen molar-refractivity contribution in [2.45, 2.75) is 43.9 Å². The van der Waals surface area contributed by atoms with E-state index >= 15 is 0 Å². The van der Waals surface area contributed by atoms with E-state index in [0.717, 1.165) is 11.1 Å². The van der Waals surface area contributed by atoms with Crippen LogP contribution < -0.4 is 9.64 Å². The number of fused-ring (bicyclic) bond motifs is 1. The van der Waals surface area contributed by atoms with Crippen molar-refractivity contribution in [2.24, 2.45) is 11.8 Å². The summed E-state index contributed by atoms with van der Waals surface area (Å²) in [5, 5.41) is 0. The molecule has 6 rings (SSSR count). The number of hydrogen-bond acceptors (Lipinski definition) is 8. The summed E-state index contributed by atoms with van der Waals surface area (Å²) in [5.74, 6) is -3.43. The summed E-state index contributed by atoms with van der Waals surface area (Å²) in [7, 11) is 2.89. The van der Waals surface area contributed by atoms with Gasteiger partial charge in [-0.1, -0.05) is 60.7 Å². The van der Waals surface area contributed by atoms with Crippen LogP contribution in [0.15, 0.2) is 84.9 Å². The van der Waals surface area contributed by atoms with Crippen LogP contribution in [0.25, 0.3) is 0 Å². The molecule has 0 bridgehead atoms. The van der Waals surface area contributed by atoms with Gasteiger partial charge in [0.25, 0.3) is 0 Å². The van der Waals surface area contributed by atoms with Crippen LogP contribution in [-0.4, -0.2) is 61.4 Å². The Hall–Kier alpha value is -4.05. The number of benzene rings is 3. The molecule has 0 saturated carbocycles. The van der Waals surface area contributed by atoms with Gasteiger partial charge in [0.2, 0.25) is 11.8 Å². The summed E-state index contributed by atoms with van der Waals surface area (Å²) in [4.78, 5) is 45.3. The molecule has 3 aromatic rings. The van der Waals surface area contributed by atoms with Gasteiger partial charge in [0, 0.05) is 6.04 Å². The predicted octanol–water partition coefficient (Wildman–Crippen LogP) is 4.29. The van der Waals surface area contributed by atoms with E-state index in [1.165, 1.54) is 12.0 Å². The molecule has 3 aliphatic heterocycles. The van der Waals surface area contributed by atoms with Crippen LogP contribution in [0.3, 0.4) is 0 Å². The lowest BCUT2D eigenvalue weighted by Crippen LogP contribution is -2.57. The van der Waals surface area contributed by atoms with E-state index < -0.39 is 53.7 Å². The third-order valence-corrected chi connectivity index (χ3v) is 8.51. The van der Waals surface area contributed by atoms with Crippen LogP contribution >= 0.6 is 0 Å². The summed E-state index contributed by atoms with van der Waals surface area (Å²) in [6, 6.07) is 23.7. The molecular weight excluding hydrogens is 536 g/mol. The SMILES string of the molecule is COC(=O)[C@@H]1[C@@H]2C(=O)N(c3ccccc3)C(=O)[C@@H]2[C@@H](c2ccc(OC)cc2)N1[C@H]1COC(C)(C)O[C@H]1c1ccccc1. The molecule has 3 aromatic carbocycles. The quantitative estimate of drug-likeness (QED) is 0.320. The van der Waals surface area contributed by atoms with Crippen molar-refractivity contribution in [3.8, 4) is 5.75 Å². The fourth-order valence-electron chi connectivity index (χ4n) is 6.70. The van der Waals surface area contributed by atoms with Gasteiger partial charge in [0.15, 0.2) is 5.79 Å². The Labute approximate surface area is 244 Å². The molecule has 0 N–H and O–H groups in total. The molecule has 0 spiro atoms. The Bertz CT molecular complexity index is 1460. The first kappa shape index (κ1) is 28.1. The average molecular weight is 571 g/mol. The van der Waals surface area contributed by atoms with Crippen LogP contribution in [0.4, 0.5) is 5.69 Å². The highest BCUT2D eigenvalue weighted by Crippen LogP contribution is 2.54. The van der Waals surface area contributed by atoms with Gasteiger partial charge >= 0.3 is 5.97 Å². The highest BCUT2D eigenvalue weighted by molar-refractivity contribution is 6.23. The van der Waals surface area contributed by atoms with Gasteiger partial charge in [0.1, 0.15) is 17.9 Å². The summed E-state index contributed by atoms with van der Waals surface area (Å²) in [6.07, 6.45) is -0.517. The average Bonchev–Trinajstić information content (AvgIpc) is 3.49. The van der Waals surface area contributed by atoms with E-state index in [0.29, 0.717) is 11.4 Å². The first-order valence-corrected chi connectivity index (χ1v) is 14.0. The molecule has 0 radical (unpaired) electrons. The van der Waals surface area contributed by atoms with Crippen LogP contribution in [0.5, 0.6) is 5.75 Å². The normalized spacial score (nSPS) is 28.9. The lowest BCUT2D eigenvalue weighted by atomic mass is 9.86. The van der Waals surface area contributed by atoms with E-state index in [1.54, 1.807) is 31.4 Å². The van der Waals surface area contributed by atoms with Crippen molar-refractivity contribution in [3.05, 3.63) is 96.1 Å². The molecule has 9 nitrogen and oxygen atoms in total. The number of nitrogens with zero attached hydrogens (tertiary/aromatic N) is 2. The van der Waals surface area contributed by atoms with E-state index in [2.05, 4.69) is 0 Å². The van der Waals surface area contributed by atoms with Gasteiger partial charge in [-0.15, -0.1) is 0 Å². The number of carbonyl (C=O) groups is 3. The number of amides is 2. The monoisotopic (exact) mass is 570 g/mol. The molecule has 0 unspecified atom stereocenters. The van der Waals surface area contributed by atoms with E-state index in [4.69, 9.17) is 18.9 Å². The van der Waals surface area contributed by atoms with Crippen LogP contribution in [0, 0.1) is 11.8 Å². The van der Waals surface area contributed by atoms with Crippen molar-refractivity contribution in [3.63, 3.8) is 0 Å². The molecule has 3 aliphatic rings. The minimum atomic E-state index is -1.05. The molecule has 218 valence electrons. The number of imide groups is 1. The molecule has 3 fully saturated rings. The molecule has 0 aliphatic carbocycles. The standard InChI is InChI=1S/C33H34N2O7/c1-33(2)41-19-24(29(42-33)21-11-7-5-8-12-21)35-27(20-15-17-23(39-3)18-16-20)25-26(28(35)32(38)40-4)31(37)34(30(25)36)22-13-9-6-10-14-22/h5-18,24-29H,19H2,1-4H3/t24-,25-,26+,27+,28-,29-/m0/s1. The molecule has 3 saturated heterocycles. The number of ether oxygens (including phenoxy) is 4. The second-order valence-electron chi connectivity index (χ2n) is 11.3. The van der Waals surface area contributed by atoms with Gasteiger partial charge in [-0.25, -0.2) is 4.90 Å². The number of esters is 1. The molecule has 42 heavy (non-hydrogen) atoms. The lowest BCUT2D eigenvalue weighted by Gasteiger charge is -2.48. The Balaban J connectivity index is 1.52. The van der Waals surface area contributed by atoms with Crippen LogP contribution in [0.1, 0.15) is 37.1 Å². The minimum absolute atomic E-state index is 0.205. The number of anilines is 1. The molecule has 9 heteroatoms. The molecule has 2 amide bonds. The molecule has 3 heterocycles. The maximum absolute atomic E-state index is 14.3. The second-order valence-corrected chi connectivity index (χ2v) is 11.3. The van der Waals surface area contributed by atoms with Crippen molar-refractivity contribution in [1.29, 1.82) is 0 Å². The van der Waals surface area contributed by atoms with Gasteiger partial charge in [-0.2, -0.15) is 0 Å². The van der Waals surface area contributed by atoms with Gasteiger partial charge in [-0.05, 0) is 49.2 Å².